The van der Waals surface area contributed by atoms with Crippen LogP contribution in [0.2, 0.25) is 0 Å². The number of anilines is 2. The number of sulfone groups is 1. The maximum absolute atomic E-state index is 13.8. The number of halogens is 1. The van der Waals surface area contributed by atoms with E-state index < -0.39 is 15.7 Å². The van der Waals surface area contributed by atoms with Crippen molar-refractivity contribution in [1.82, 2.24) is 9.97 Å². The fourth-order valence-electron chi connectivity index (χ4n) is 3.71. The summed E-state index contributed by atoms with van der Waals surface area (Å²) in [7, 11) is -3.68. The Kier molecular flexibility index (Phi) is 6.30. The van der Waals surface area contributed by atoms with Crippen LogP contribution in [0.3, 0.4) is 0 Å². The van der Waals surface area contributed by atoms with Gasteiger partial charge in [-0.05, 0) is 50.2 Å². The number of ether oxygens (including phenoxy) is 1. The molecule has 0 unspecified atom stereocenters. The van der Waals surface area contributed by atoms with Crippen LogP contribution < -0.4 is 10.1 Å². The van der Waals surface area contributed by atoms with Gasteiger partial charge in [0.2, 0.25) is 0 Å². The highest BCUT2D eigenvalue weighted by molar-refractivity contribution is 7.90. The molecule has 0 atom stereocenters. The highest BCUT2D eigenvalue weighted by atomic mass is 32.2. The largest absolute Gasteiger partial charge is 0.503 e. The zero-order chi connectivity index (χ0) is 24.5. The van der Waals surface area contributed by atoms with Gasteiger partial charge in [0.15, 0.2) is 9.84 Å². The Balaban J connectivity index is 1.74. The SMILES string of the molecule is [C-]#[N+]c1nc(Cc2cc(Nc3ccc(F)cc3S(C)(=O)=O)c3c(n2)CC(C)=N3)ccc1OCC. The van der Waals surface area contributed by atoms with Crippen LogP contribution >= 0.6 is 0 Å². The van der Waals surface area contributed by atoms with Crippen LogP contribution in [-0.2, 0) is 22.7 Å². The highest BCUT2D eigenvalue weighted by Gasteiger charge is 2.22. The fourth-order valence-corrected chi connectivity index (χ4v) is 4.56. The number of hydrogen-bond acceptors (Lipinski definition) is 7. The monoisotopic (exact) mass is 479 g/mol. The molecule has 34 heavy (non-hydrogen) atoms. The molecular weight excluding hydrogens is 457 g/mol. The lowest BCUT2D eigenvalue weighted by Gasteiger charge is -2.14. The molecule has 8 nitrogen and oxygen atoms in total. The summed E-state index contributed by atoms with van der Waals surface area (Å²) in [5.41, 5.74) is 4.36. The van der Waals surface area contributed by atoms with Crippen molar-refractivity contribution in [1.29, 1.82) is 0 Å². The third-order valence-corrected chi connectivity index (χ3v) is 6.26. The van der Waals surface area contributed by atoms with E-state index in [0.29, 0.717) is 48.0 Å². The van der Waals surface area contributed by atoms with E-state index in [-0.39, 0.29) is 16.4 Å². The summed E-state index contributed by atoms with van der Waals surface area (Å²) in [6.07, 6.45) is 1.94. The van der Waals surface area contributed by atoms with E-state index >= 15 is 0 Å². The summed E-state index contributed by atoms with van der Waals surface area (Å²) >= 11 is 0. The quantitative estimate of drug-likeness (QED) is 0.482. The minimum Gasteiger partial charge on any atom is -0.503 e. The van der Waals surface area contributed by atoms with E-state index in [4.69, 9.17) is 16.3 Å². The van der Waals surface area contributed by atoms with E-state index in [9.17, 15) is 12.8 Å². The van der Waals surface area contributed by atoms with Crippen molar-refractivity contribution in [3.8, 4) is 5.75 Å². The van der Waals surface area contributed by atoms with Gasteiger partial charge in [-0.3, -0.25) is 9.98 Å². The van der Waals surface area contributed by atoms with Gasteiger partial charge < -0.3 is 14.9 Å². The lowest BCUT2D eigenvalue weighted by atomic mass is 10.1. The van der Waals surface area contributed by atoms with Crippen LogP contribution in [0.4, 0.5) is 27.3 Å². The molecule has 1 aromatic carbocycles. The Hall–Kier alpha value is -3.84. The lowest BCUT2D eigenvalue weighted by molar-refractivity contribution is 0.341. The molecule has 0 fully saturated rings. The fraction of sp³-hybridized carbons (Fsp3) is 0.250. The number of pyridine rings is 2. The van der Waals surface area contributed by atoms with Crippen LogP contribution in [0, 0.1) is 12.4 Å². The second-order valence-corrected chi connectivity index (χ2v) is 9.85. The molecule has 0 aliphatic carbocycles. The molecule has 10 heteroatoms. The van der Waals surface area contributed by atoms with Crippen molar-refractivity contribution in [3.63, 3.8) is 0 Å². The van der Waals surface area contributed by atoms with Crippen LogP contribution in [0.1, 0.15) is 30.9 Å². The lowest BCUT2D eigenvalue weighted by Crippen LogP contribution is -2.05. The zero-order valence-electron chi connectivity index (χ0n) is 18.9. The van der Waals surface area contributed by atoms with Crippen molar-refractivity contribution in [2.45, 2.75) is 31.6 Å². The van der Waals surface area contributed by atoms with E-state index in [2.05, 4.69) is 20.1 Å². The molecule has 0 saturated heterocycles. The van der Waals surface area contributed by atoms with Gasteiger partial charge in [0.25, 0.3) is 0 Å². The zero-order valence-corrected chi connectivity index (χ0v) is 19.7. The molecule has 0 spiro atoms. The summed E-state index contributed by atoms with van der Waals surface area (Å²) in [5, 5.41) is 3.12. The second kappa shape index (κ2) is 9.19. The van der Waals surface area contributed by atoms with E-state index in [1.165, 1.54) is 12.1 Å². The van der Waals surface area contributed by atoms with Crippen molar-refractivity contribution in [2.24, 2.45) is 4.99 Å². The Labute approximate surface area is 197 Å². The van der Waals surface area contributed by atoms with Crippen molar-refractivity contribution in [2.75, 3.05) is 18.2 Å². The first-order valence-corrected chi connectivity index (χ1v) is 12.4. The average molecular weight is 480 g/mol. The average Bonchev–Trinajstić information content (AvgIpc) is 3.16. The summed E-state index contributed by atoms with van der Waals surface area (Å²) < 4.78 is 43.7. The molecule has 0 radical (unpaired) electrons. The predicted molar refractivity (Wildman–Crippen MR) is 128 cm³/mol. The molecule has 1 N–H and O–H groups in total. The number of fused-ring (bicyclic) bond motifs is 1. The Bertz CT molecular complexity index is 1460. The molecule has 174 valence electrons. The highest BCUT2D eigenvalue weighted by Crippen LogP contribution is 2.38. The smallest absolute Gasteiger partial charge is 0.312 e. The molecule has 0 amide bonds. The predicted octanol–water partition coefficient (Wildman–Crippen LogP) is 4.95. The summed E-state index contributed by atoms with van der Waals surface area (Å²) in [6, 6.07) is 8.85. The van der Waals surface area contributed by atoms with Gasteiger partial charge >= 0.3 is 5.82 Å². The van der Waals surface area contributed by atoms with Crippen LogP contribution in [0.15, 0.2) is 46.3 Å². The standard InChI is InChI=1S/C24H22FN5O3S/c1-5-33-21-9-7-16(29-24(21)26-3)12-17-13-20(23-19(28-17)10-14(2)27-23)30-18-8-6-15(25)11-22(18)34(4,31)32/h6-9,11,13H,5,10,12H2,1-2,4H3,(H,28,30). The Morgan fingerprint density at radius 1 is 1.15 bits per heavy atom. The Morgan fingerprint density at radius 2 is 1.94 bits per heavy atom. The number of benzene rings is 1. The molecule has 3 aromatic rings. The minimum atomic E-state index is -3.68. The number of hydrogen-bond donors (Lipinski definition) is 1. The molecule has 2 aromatic heterocycles. The number of aromatic nitrogens is 2. The van der Waals surface area contributed by atoms with Crippen molar-refractivity contribution >= 4 is 38.4 Å². The van der Waals surface area contributed by atoms with Crippen LogP contribution in [-0.4, -0.2) is 37.0 Å². The molecule has 4 rings (SSSR count). The Morgan fingerprint density at radius 3 is 2.65 bits per heavy atom. The topological polar surface area (TPSA) is 97.9 Å². The number of aliphatic imine (C=N–C) groups is 1. The first-order chi connectivity index (χ1) is 16.2. The normalized spacial score (nSPS) is 12.6. The molecule has 1 aliphatic rings. The molecular formula is C24H22FN5O3S. The van der Waals surface area contributed by atoms with Crippen LogP contribution in [0.25, 0.3) is 4.85 Å². The maximum Gasteiger partial charge on any atom is 0.312 e. The van der Waals surface area contributed by atoms with Crippen molar-refractivity contribution in [3.05, 3.63) is 70.7 Å². The number of rotatable bonds is 7. The minimum absolute atomic E-state index is 0.145. The molecule has 1 aliphatic heterocycles. The van der Waals surface area contributed by atoms with Gasteiger partial charge in [-0.25, -0.2) is 12.8 Å². The molecule has 0 saturated carbocycles. The summed E-state index contributed by atoms with van der Waals surface area (Å²) in [4.78, 5) is 17.0. The van der Waals surface area contributed by atoms with Crippen LogP contribution in [0.5, 0.6) is 5.75 Å². The number of nitrogens with zero attached hydrogens (tertiary/aromatic N) is 4. The van der Waals surface area contributed by atoms with Gasteiger partial charge in [0.1, 0.15) is 22.9 Å². The third-order valence-electron chi connectivity index (χ3n) is 5.12. The van der Waals surface area contributed by atoms with Gasteiger partial charge in [0.05, 0.1) is 40.7 Å². The van der Waals surface area contributed by atoms with E-state index in [1.807, 2.05) is 13.8 Å². The first kappa shape index (κ1) is 23.3. The molecule has 3 heterocycles. The van der Waals surface area contributed by atoms with E-state index in [0.717, 1.165) is 23.7 Å². The number of nitrogens with one attached hydrogen (secondary N) is 1. The summed E-state index contributed by atoms with van der Waals surface area (Å²) in [6.45, 7) is 11.5. The first-order valence-electron chi connectivity index (χ1n) is 10.5. The summed E-state index contributed by atoms with van der Waals surface area (Å²) in [5.74, 6) is -0.0287. The van der Waals surface area contributed by atoms with Gasteiger partial charge in [-0.2, -0.15) is 0 Å². The van der Waals surface area contributed by atoms with Gasteiger partial charge in [0, 0.05) is 18.4 Å². The second-order valence-electron chi connectivity index (χ2n) is 7.86. The van der Waals surface area contributed by atoms with Crippen molar-refractivity contribution < 1.29 is 17.5 Å². The van der Waals surface area contributed by atoms with Gasteiger partial charge in [-0.1, -0.05) is 6.57 Å². The van der Waals surface area contributed by atoms with E-state index in [1.54, 1.807) is 18.2 Å². The maximum atomic E-state index is 13.8. The molecule has 0 bridgehead atoms. The third kappa shape index (κ3) is 4.89. The van der Waals surface area contributed by atoms with Gasteiger partial charge in [-0.15, -0.1) is 4.98 Å².